The van der Waals surface area contributed by atoms with E-state index in [9.17, 15) is 4.79 Å². The molecule has 0 N–H and O–H groups in total. The quantitative estimate of drug-likeness (QED) is 0.856. The number of nitrogens with zero attached hydrogens (tertiary/aromatic N) is 2. The number of benzene rings is 1. The highest BCUT2D eigenvalue weighted by atomic mass is 16.5. The number of fused-ring (bicyclic) bond motifs is 1. The molecule has 1 aliphatic rings. The zero-order chi connectivity index (χ0) is 14.1. The average molecular weight is 270 g/mol. The smallest absolute Gasteiger partial charge is 0.319 e. The minimum absolute atomic E-state index is 0.212. The van der Waals surface area contributed by atoms with Crippen molar-refractivity contribution in [2.75, 3.05) is 14.2 Å². The lowest BCUT2D eigenvalue weighted by Gasteiger charge is -2.09. The Hall–Kier alpha value is -2.43. The van der Waals surface area contributed by atoms with E-state index in [1.807, 2.05) is 18.2 Å². The molecule has 2 aromatic rings. The molecule has 5 heteroatoms. The van der Waals surface area contributed by atoms with Crippen LogP contribution in [0, 0.1) is 0 Å². The van der Waals surface area contributed by atoms with Crippen LogP contribution in [0.1, 0.15) is 22.3 Å². The number of ketones is 1. The van der Waals surface area contributed by atoms with Gasteiger partial charge in [-0.15, -0.1) is 0 Å². The van der Waals surface area contributed by atoms with Crippen LogP contribution in [-0.4, -0.2) is 30.0 Å². The minimum Gasteiger partial charge on any atom is -0.480 e. The van der Waals surface area contributed by atoms with Crippen LogP contribution in [0.15, 0.2) is 24.4 Å². The molecule has 0 spiro atoms. The Kier molecular flexibility index (Phi) is 3.10. The molecular formula is C15H14N2O3. The first-order chi connectivity index (χ1) is 9.72. The van der Waals surface area contributed by atoms with Gasteiger partial charge in [0.15, 0.2) is 5.78 Å². The number of rotatable bonds is 3. The molecular weight excluding hydrogens is 256 g/mol. The molecule has 0 unspecified atom stereocenters. The van der Waals surface area contributed by atoms with Crippen LogP contribution in [-0.2, 0) is 6.42 Å². The summed E-state index contributed by atoms with van der Waals surface area (Å²) in [4.78, 5) is 19.9. The molecule has 0 radical (unpaired) electrons. The first-order valence-electron chi connectivity index (χ1n) is 6.34. The Labute approximate surface area is 116 Å². The number of aromatic nitrogens is 2. The van der Waals surface area contributed by atoms with Crippen LogP contribution >= 0.6 is 0 Å². The third-order valence-corrected chi connectivity index (χ3v) is 3.45. The van der Waals surface area contributed by atoms with Gasteiger partial charge >= 0.3 is 6.01 Å². The maximum absolute atomic E-state index is 11.7. The normalized spacial score (nSPS) is 13.2. The van der Waals surface area contributed by atoms with Crippen LogP contribution in [0.3, 0.4) is 0 Å². The van der Waals surface area contributed by atoms with E-state index < -0.39 is 0 Å². The largest absolute Gasteiger partial charge is 0.480 e. The number of carbonyl (C=O) groups is 1. The van der Waals surface area contributed by atoms with Gasteiger partial charge in [-0.05, 0) is 17.5 Å². The third kappa shape index (κ3) is 2.01. The van der Waals surface area contributed by atoms with E-state index in [0.717, 1.165) is 28.7 Å². The second-order valence-electron chi connectivity index (χ2n) is 4.57. The molecule has 1 aromatic carbocycles. The monoisotopic (exact) mass is 270 g/mol. The molecule has 5 nitrogen and oxygen atoms in total. The van der Waals surface area contributed by atoms with Crippen molar-refractivity contribution in [1.82, 2.24) is 9.97 Å². The zero-order valence-corrected chi connectivity index (χ0v) is 11.3. The lowest BCUT2D eigenvalue weighted by Crippen LogP contribution is -1.98. The third-order valence-electron chi connectivity index (χ3n) is 3.45. The van der Waals surface area contributed by atoms with Crippen molar-refractivity contribution in [3.63, 3.8) is 0 Å². The summed E-state index contributed by atoms with van der Waals surface area (Å²) in [5, 5.41) is 0. The van der Waals surface area contributed by atoms with Gasteiger partial charge in [-0.3, -0.25) is 4.79 Å². The highest BCUT2D eigenvalue weighted by molar-refractivity contribution is 6.01. The van der Waals surface area contributed by atoms with Gasteiger partial charge in [0.1, 0.15) is 0 Å². The summed E-state index contributed by atoms with van der Waals surface area (Å²) in [6.45, 7) is 0. The molecule has 1 aromatic heterocycles. The molecule has 102 valence electrons. The Morgan fingerprint density at radius 2 is 1.95 bits per heavy atom. The van der Waals surface area contributed by atoms with Crippen LogP contribution in [0.2, 0.25) is 0 Å². The summed E-state index contributed by atoms with van der Waals surface area (Å²) in [7, 11) is 3.07. The summed E-state index contributed by atoms with van der Waals surface area (Å²) in [5.74, 6) is 0.672. The molecule has 0 saturated carbocycles. The van der Waals surface area contributed by atoms with Crippen LogP contribution < -0.4 is 9.47 Å². The first kappa shape index (κ1) is 12.6. The second kappa shape index (κ2) is 4.92. The molecule has 0 saturated heterocycles. The number of hydrogen-bond donors (Lipinski definition) is 0. The summed E-state index contributed by atoms with van der Waals surface area (Å²) < 4.78 is 10.3. The van der Waals surface area contributed by atoms with Crippen LogP contribution in [0.4, 0.5) is 0 Å². The molecule has 3 rings (SSSR count). The number of aryl methyl sites for hydroxylation is 1. The fraction of sp³-hybridized carbons (Fsp3) is 0.267. The number of methoxy groups -OCH3 is 2. The maximum Gasteiger partial charge on any atom is 0.319 e. The predicted molar refractivity (Wildman–Crippen MR) is 73.2 cm³/mol. The van der Waals surface area contributed by atoms with Crippen molar-refractivity contribution in [2.24, 2.45) is 0 Å². The van der Waals surface area contributed by atoms with Crippen molar-refractivity contribution in [3.8, 4) is 23.0 Å². The molecule has 0 aliphatic heterocycles. The van der Waals surface area contributed by atoms with Gasteiger partial charge in [-0.25, -0.2) is 4.98 Å². The lowest BCUT2D eigenvalue weighted by molar-refractivity contribution is 0.0994. The molecule has 1 heterocycles. The molecule has 1 aliphatic carbocycles. The number of Topliss-reactive ketones (excluding diaryl/α,β-unsaturated/α-hetero) is 1. The Morgan fingerprint density at radius 1 is 1.10 bits per heavy atom. The van der Waals surface area contributed by atoms with E-state index in [-0.39, 0.29) is 11.8 Å². The van der Waals surface area contributed by atoms with Gasteiger partial charge in [0.05, 0.1) is 19.8 Å². The van der Waals surface area contributed by atoms with Gasteiger partial charge in [-0.2, -0.15) is 4.98 Å². The fourth-order valence-electron chi connectivity index (χ4n) is 2.43. The molecule has 0 atom stereocenters. The number of carbonyl (C=O) groups excluding carboxylic acids is 1. The zero-order valence-electron chi connectivity index (χ0n) is 11.3. The van der Waals surface area contributed by atoms with Crippen molar-refractivity contribution in [1.29, 1.82) is 0 Å². The molecule has 0 bridgehead atoms. The Morgan fingerprint density at radius 3 is 2.70 bits per heavy atom. The van der Waals surface area contributed by atoms with Gasteiger partial charge in [0, 0.05) is 18.2 Å². The highest BCUT2D eigenvalue weighted by Crippen LogP contribution is 2.32. The number of ether oxygens (including phenoxy) is 2. The van der Waals surface area contributed by atoms with Crippen LogP contribution in [0.5, 0.6) is 11.9 Å². The fourth-order valence-corrected chi connectivity index (χ4v) is 2.43. The second-order valence-corrected chi connectivity index (χ2v) is 4.57. The standard InChI is InChI=1S/C15H14N2O3/c1-19-14-12(8-16-15(17-14)20-2)10-3-5-11-9(7-10)4-6-13(11)18/h3,5,7-8H,4,6H2,1-2H3. The SMILES string of the molecule is COc1ncc(-c2ccc3c(c2)CCC3=O)c(OC)n1. The first-order valence-corrected chi connectivity index (χ1v) is 6.34. The van der Waals surface area contributed by atoms with E-state index in [4.69, 9.17) is 9.47 Å². The summed E-state index contributed by atoms with van der Waals surface area (Å²) in [6.07, 6.45) is 3.06. The Bertz CT molecular complexity index is 683. The van der Waals surface area contributed by atoms with E-state index in [1.165, 1.54) is 7.11 Å². The van der Waals surface area contributed by atoms with Gasteiger partial charge in [0.25, 0.3) is 0 Å². The maximum atomic E-state index is 11.7. The summed E-state index contributed by atoms with van der Waals surface area (Å²) in [5.41, 5.74) is 3.63. The van der Waals surface area contributed by atoms with Gasteiger partial charge in [0.2, 0.25) is 5.88 Å². The van der Waals surface area contributed by atoms with E-state index in [0.29, 0.717) is 12.3 Å². The van der Waals surface area contributed by atoms with E-state index in [1.54, 1.807) is 13.3 Å². The predicted octanol–water partition coefficient (Wildman–Crippen LogP) is 2.29. The van der Waals surface area contributed by atoms with Gasteiger partial charge < -0.3 is 9.47 Å². The van der Waals surface area contributed by atoms with Crippen molar-refractivity contribution in [2.45, 2.75) is 12.8 Å². The average Bonchev–Trinajstić information content (AvgIpc) is 2.87. The lowest BCUT2D eigenvalue weighted by atomic mass is 10.0. The summed E-state index contributed by atoms with van der Waals surface area (Å²) >= 11 is 0. The molecule has 0 fully saturated rings. The van der Waals surface area contributed by atoms with Crippen molar-refractivity contribution < 1.29 is 14.3 Å². The topological polar surface area (TPSA) is 61.3 Å². The highest BCUT2D eigenvalue weighted by Gasteiger charge is 2.20. The number of hydrogen-bond acceptors (Lipinski definition) is 5. The van der Waals surface area contributed by atoms with Crippen molar-refractivity contribution >= 4 is 5.78 Å². The minimum atomic E-state index is 0.212. The van der Waals surface area contributed by atoms with Crippen molar-refractivity contribution in [3.05, 3.63) is 35.5 Å². The van der Waals surface area contributed by atoms with E-state index in [2.05, 4.69) is 9.97 Å². The Balaban J connectivity index is 2.07. The van der Waals surface area contributed by atoms with Gasteiger partial charge in [-0.1, -0.05) is 18.2 Å². The van der Waals surface area contributed by atoms with Crippen LogP contribution in [0.25, 0.3) is 11.1 Å². The van der Waals surface area contributed by atoms with E-state index >= 15 is 0 Å². The summed E-state index contributed by atoms with van der Waals surface area (Å²) in [6, 6.07) is 6.04. The molecule has 20 heavy (non-hydrogen) atoms. The molecule has 0 amide bonds.